The van der Waals surface area contributed by atoms with E-state index in [1.165, 1.54) is 11.8 Å². The Hall–Kier alpha value is -1.81. The molecule has 1 aromatic carbocycles. The van der Waals surface area contributed by atoms with Crippen LogP contribution in [0.1, 0.15) is 17.4 Å². The summed E-state index contributed by atoms with van der Waals surface area (Å²) in [6.07, 6.45) is 0.966. The van der Waals surface area contributed by atoms with Crippen LogP contribution in [0.25, 0.3) is 0 Å². The van der Waals surface area contributed by atoms with Crippen molar-refractivity contribution in [2.24, 2.45) is 4.99 Å². The zero-order valence-electron chi connectivity index (χ0n) is 15.2. The summed E-state index contributed by atoms with van der Waals surface area (Å²) in [7, 11) is 3.33. The molecule has 0 saturated carbocycles. The maximum absolute atomic E-state index is 11.3. The monoisotopic (exact) mass is 488 g/mol. The standard InChI is InChI=1S/C18H24N4O2S.HI/c1-13(23)22-16-11-14(6-7-17(16)24-3)12-21-18(19-2)20-9-8-15-5-4-10-25-15;/h4-7,10-11H,8-9,12H2,1-3H3,(H,22,23)(H2,19,20,21);1H. The van der Waals surface area contributed by atoms with E-state index in [2.05, 4.69) is 38.5 Å². The molecule has 2 aromatic rings. The Kier molecular flexibility index (Phi) is 10.0. The van der Waals surface area contributed by atoms with Crippen molar-refractivity contribution in [1.29, 1.82) is 0 Å². The lowest BCUT2D eigenvalue weighted by atomic mass is 10.2. The third-order valence-corrected chi connectivity index (χ3v) is 4.44. The molecule has 0 radical (unpaired) electrons. The van der Waals surface area contributed by atoms with E-state index in [1.54, 1.807) is 25.5 Å². The number of carbonyl (C=O) groups excluding carboxylic acids is 1. The molecule has 0 atom stereocenters. The van der Waals surface area contributed by atoms with Crippen LogP contribution >= 0.6 is 35.3 Å². The van der Waals surface area contributed by atoms with Gasteiger partial charge in [0.1, 0.15) is 5.75 Å². The number of nitrogens with zero attached hydrogens (tertiary/aromatic N) is 1. The minimum absolute atomic E-state index is 0. The zero-order valence-corrected chi connectivity index (χ0v) is 18.3. The summed E-state index contributed by atoms with van der Waals surface area (Å²) in [6, 6.07) is 9.88. The van der Waals surface area contributed by atoms with Crippen LogP contribution in [0.3, 0.4) is 0 Å². The average molecular weight is 488 g/mol. The van der Waals surface area contributed by atoms with E-state index in [0.29, 0.717) is 18.0 Å². The number of ether oxygens (including phenoxy) is 1. The molecule has 0 saturated heterocycles. The molecule has 6 nitrogen and oxygen atoms in total. The normalized spacial score (nSPS) is 10.7. The number of hydrogen-bond acceptors (Lipinski definition) is 4. The first-order valence-electron chi connectivity index (χ1n) is 8.03. The molecule has 1 aromatic heterocycles. The second-order valence-electron chi connectivity index (χ2n) is 5.40. The number of methoxy groups -OCH3 is 1. The highest BCUT2D eigenvalue weighted by atomic mass is 127. The van der Waals surface area contributed by atoms with Gasteiger partial charge < -0.3 is 20.7 Å². The van der Waals surface area contributed by atoms with E-state index >= 15 is 0 Å². The highest BCUT2D eigenvalue weighted by Gasteiger charge is 2.07. The van der Waals surface area contributed by atoms with Crippen LogP contribution in [0.2, 0.25) is 0 Å². The fraction of sp³-hybridized carbons (Fsp3) is 0.333. The van der Waals surface area contributed by atoms with Crippen LogP contribution in [0.4, 0.5) is 5.69 Å². The van der Waals surface area contributed by atoms with Gasteiger partial charge >= 0.3 is 0 Å². The van der Waals surface area contributed by atoms with E-state index in [0.717, 1.165) is 24.5 Å². The second kappa shape index (κ2) is 11.7. The summed E-state index contributed by atoms with van der Waals surface area (Å²) >= 11 is 1.76. The number of thiophene rings is 1. The van der Waals surface area contributed by atoms with Crippen molar-refractivity contribution in [3.8, 4) is 5.75 Å². The molecule has 1 heterocycles. The molecular formula is C18H25IN4O2S. The summed E-state index contributed by atoms with van der Waals surface area (Å²) in [5, 5.41) is 11.4. The predicted molar refractivity (Wildman–Crippen MR) is 119 cm³/mol. The van der Waals surface area contributed by atoms with Gasteiger partial charge in [0.2, 0.25) is 5.91 Å². The van der Waals surface area contributed by atoms with Crippen molar-refractivity contribution in [3.63, 3.8) is 0 Å². The van der Waals surface area contributed by atoms with Gasteiger partial charge in [-0.1, -0.05) is 12.1 Å². The van der Waals surface area contributed by atoms with Gasteiger partial charge in [-0.3, -0.25) is 9.79 Å². The molecule has 0 bridgehead atoms. The maximum Gasteiger partial charge on any atom is 0.221 e. The van der Waals surface area contributed by atoms with Crippen molar-refractivity contribution in [2.45, 2.75) is 19.9 Å². The molecule has 0 aliphatic heterocycles. The third-order valence-electron chi connectivity index (χ3n) is 3.50. The van der Waals surface area contributed by atoms with Crippen molar-refractivity contribution >= 4 is 52.9 Å². The number of carbonyl (C=O) groups is 1. The first kappa shape index (κ1) is 22.2. The number of nitrogens with one attached hydrogen (secondary N) is 3. The summed E-state index contributed by atoms with van der Waals surface area (Å²) in [6.45, 7) is 2.89. The summed E-state index contributed by atoms with van der Waals surface area (Å²) in [4.78, 5) is 16.9. The molecule has 2 rings (SSSR count). The van der Waals surface area contributed by atoms with Crippen LogP contribution < -0.4 is 20.7 Å². The zero-order chi connectivity index (χ0) is 18.1. The summed E-state index contributed by atoms with van der Waals surface area (Å²) in [5.41, 5.74) is 1.68. The van der Waals surface area contributed by atoms with Gasteiger partial charge in [-0.2, -0.15) is 0 Å². The number of hydrogen-bond donors (Lipinski definition) is 3. The number of anilines is 1. The molecule has 0 spiro atoms. The van der Waals surface area contributed by atoms with Gasteiger partial charge in [-0.15, -0.1) is 35.3 Å². The number of halogens is 1. The predicted octanol–water partition coefficient (Wildman–Crippen LogP) is 3.24. The largest absolute Gasteiger partial charge is 0.495 e. The van der Waals surface area contributed by atoms with Crippen LogP contribution in [0.15, 0.2) is 40.7 Å². The fourth-order valence-corrected chi connectivity index (χ4v) is 3.03. The molecule has 0 unspecified atom stereocenters. The number of guanidine groups is 1. The van der Waals surface area contributed by atoms with Crippen LogP contribution in [0, 0.1) is 0 Å². The quantitative estimate of drug-likeness (QED) is 0.318. The molecule has 1 amide bonds. The Labute approximate surface area is 175 Å². The van der Waals surface area contributed by atoms with Crippen LogP contribution in [-0.2, 0) is 17.8 Å². The summed E-state index contributed by atoms with van der Waals surface area (Å²) in [5.74, 6) is 1.25. The Morgan fingerprint density at radius 2 is 2.08 bits per heavy atom. The van der Waals surface area contributed by atoms with E-state index in [4.69, 9.17) is 4.74 Å². The van der Waals surface area contributed by atoms with Gasteiger partial charge in [-0.25, -0.2) is 0 Å². The first-order valence-corrected chi connectivity index (χ1v) is 8.91. The van der Waals surface area contributed by atoms with E-state index in [9.17, 15) is 4.79 Å². The van der Waals surface area contributed by atoms with Gasteiger partial charge in [-0.05, 0) is 35.6 Å². The lowest BCUT2D eigenvalue weighted by Crippen LogP contribution is -2.37. The SMILES string of the molecule is CN=C(NCCc1cccs1)NCc1ccc(OC)c(NC(C)=O)c1.I. The first-order chi connectivity index (χ1) is 12.1. The van der Waals surface area contributed by atoms with Gasteiger partial charge in [0.15, 0.2) is 5.96 Å². The topological polar surface area (TPSA) is 74.8 Å². The van der Waals surface area contributed by atoms with Gasteiger partial charge in [0, 0.05) is 31.9 Å². The number of amides is 1. The van der Waals surface area contributed by atoms with Crippen molar-refractivity contribution in [1.82, 2.24) is 10.6 Å². The Morgan fingerprint density at radius 3 is 2.69 bits per heavy atom. The third kappa shape index (κ3) is 7.20. The molecule has 0 aliphatic carbocycles. The minimum atomic E-state index is -0.130. The Balaban J connectivity index is 0.00000338. The van der Waals surface area contributed by atoms with E-state index in [-0.39, 0.29) is 29.9 Å². The van der Waals surface area contributed by atoms with Crippen LogP contribution in [0.5, 0.6) is 5.75 Å². The summed E-state index contributed by atoms with van der Waals surface area (Å²) < 4.78 is 5.27. The lowest BCUT2D eigenvalue weighted by molar-refractivity contribution is -0.114. The maximum atomic E-state index is 11.3. The van der Waals surface area contributed by atoms with Crippen molar-refractivity contribution in [3.05, 3.63) is 46.2 Å². The Bertz CT molecular complexity index is 720. The molecule has 0 fully saturated rings. The highest BCUT2D eigenvalue weighted by molar-refractivity contribution is 14.0. The molecule has 8 heteroatoms. The molecular weight excluding hydrogens is 463 g/mol. The molecule has 142 valence electrons. The number of benzene rings is 1. The highest BCUT2D eigenvalue weighted by Crippen LogP contribution is 2.25. The lowest BCUT2D eigenvalue weighted by Gasteiger charge is -2.14. The van der Waals surface area contributed by atoms with E-state index < -0.39 is 0 Å². The minimum Gasteiger partial charge on any atom is -0.495 e. The fourth-order valence-electron chi connectivity index (χ4n) is 2.32. The van der Waals surface area contributed by atoms with Crippen molar-refractivity contribution < 1.29 is 9.53 Å². The molecule has 0 aliphatic rings. The number of rotatable bonds is 7. The van der Waals surface area contributed by atoms with Gasteiger partial charge in [0.25, 0.3) is 0 Å². The van der Waals surface area contributed by atoms with Crippen molar-refractivity contribution in [2.75, 3.05) is 26.0 Å². The molecule has 3 N–H and O–H groups in total. The van der Waals surface area contributed by atoms with Gasteiger partial charge in [0.05, 0.1) is 12.8 Å². The Morgan fingerprint density at radius 1 is 1.27 bits per heavy atom. The average Bonchev–Trinajstić information content (AvgIpc) is 3.11. The second-order valence-corrected chi connectivity index (χ2v) is 6.43. The molecule has 26 heavy (non-hydrogen) atoms. The van der Waals surface area contributed by atoms with E-state index in [1.807, 2.05) is 18.2 Å². The smallest absolute Gasteiger partial charge is 0.221 e. The van der Waals surface area contributed by atoms with Crippen LogP contribution in [-0.4, -0.2) is 32.6 Å². The number of aliphatic imine (C=N–C) groups is 1.